The lowest BCUT2D eigenvalue weighted by molar-refractivity contribution is -0.138. The zero-order valence-electron chi connectivity index (χ0n) is 11.4. The Kier molecular flexibility index (Phi) is 5.03. The number of fused-ring (bicyclic) bond motifs is 1. The van der Waals surface area contributed by atoms with Gasteiger partial charge in [0, 0.05) is 22.6 Å². The maximum Gasteiger partial charge on any atom is 0.154 e. The molecule has 0 radical (unpaired) electrons. The molecule has 0 amide bonds. The molecular formula is C13H26O3Si. The van der Waals surface area contributed by atoms with Gasteiger partial charge in [0.15, 0.2) is 6.29 Å². The minimum absolute atomic E-state index is 0.0370. The van der Waals surface area contributed by atoms with Gasteiger partial charge in [-0.25, -0.2) is 0 Å². The van der Waals surface area contributed by atoms with Crippen molar-refractivity contribution in [2.75, 3.05) is 6.61 Å². The van der Waals surface area contributed by atoms with Crippen molar-refractivity contribution < 1.29 is 14.2 Å². The lowest BCUT2D eigenvalue weighted by atomic mass is 9.86. The van der Waals surface area contributed by atoms with Crippen LogP contribution in [0.2, 0.25) is 0 Å². The highest BCUT2D eigenvalue weighted by atomic mass is 28.1. The van der Waals surface area contributed by atoms with E-state index >= 15 is 0 Å². The zero-order chi connectivity index (χ0) is 12.3. The summed E-state index contributed by atoms with van der Waals surface area (Å²) >= 11 is 0. The van der Waals surface area contributed by atoms with Crippen LogP contribution in [-0.4, -0.2) is 41.1 Å². The SMILES string of the molecule is CC([SiH3])OC(C)OCCCC1CCC2OC2C1. The molecule has 1 saturated heterocycles. The van der Waals surface area contributed by atoms with Crippen LogP contribution in [0.1, 0.15) is 46.0 Å². The van der Waals surface area contributed by atoms with Crippen LogP contribution in [0.3, 0.4) is 0 Å². The fraction of sp³-hybridized carbons (Fsp3) is 1.00. The van der Waals surface area contributed by atoms with E-state index in [0.717, 1.165) is 29.2 Å². The van der Waals surface area contributed by atoms with E-state index in [-0.39, 0.29) is 6.29 Å². The summed E-state index contributed by atoms with van der Waals surface area (Å²) in [6, 6.07) is 0. The van der Waals surface area contributed by atoms with Gasteiger partial charge in [0.05, 0.1) is 12.2 Å². The van der Waals surface area contributed by atoms with Gasteiger partial charge >= 0.3 is 0 Å². The Labute approximate surface area is 108 Å². The van der Waals surface area contributed by atoms with Gasteiger partial charge in [-0.1, -0.05) is 0 Å². The van der Waals surface area contributed by atoms with E-state index in [1.165, 1.54) is 25.7 Å². The molecule has 0 aromatic heterocycles. The van der Waals surface area contributed by atoms with Gasteiger partial charge in [-0.15, -0.1) is 0 Å². The molecule has 1 saturated carbocycles. The van der Waals surface area contributed by atoms with Crippen LogP contribution in [0, 0.1) is 5.92 Å². The molecule has 0 spiro atoms. The van der Waals surface area contributed by atoms with Gasteiger partial charge in [-0.05, 0) is 51.9 Å². The van der Waals surface area contributed by atoms with E-state index in [1.807, 2.05) is 6.92 Å². The number of hydrogen-bond acceptors (Lipinski definition) is 3. The van der Waals surface area contributed by atoms with Crippen molar-refractivity contribution in [3.63, 3.8) is 0 Å². The molecule has 0 bridgehead atoms. The summed E-state index contributed by atoms with van der Waals surface area (Å²) in [7, 11) is 1.07. The van der Waals surface area contributed by atoms with E-state index in [2.05, 4.69) is 6.92 Å². The Morgan fingerprint density at radius 2 is 2.12 bits per heavy atom. The van der Waals surface area contributed by atoms with Crippen LogP contribution in [0.4, 0.5) is 0 Å². The van der Waals surface area contributed by atoms with Gasteiger partial charge in [0.25, 0.3) is 0 Å². The van der Waals surface area contributed by atoms with Crippen molar-refractivity contribution in [2.24, 2.45) is 5.92 Å². The maximum atomic E-state index is 5.65. The first-order valence-electron chi connectivity index (χ1n) is 7.07. The average molecular weight is 258 g/mol. The van der Waals surface area contributed by atoms with Gasteiger partial charge in [0.1, 0.15) is 0 Å². The molecular weight excluding hydrogens is 232 g/mol. The molecule has 17 heavy (non-hydrogen) atoms. The van der Waals surface area contributed by atoms with Crippen LogP contribution in [-0.2, 0) is 14.2 Å². The lowest BCUT2D eigenvalue weighted by Gasteiger charge is -2.20. The lowest BCUT2D eigenvalue weighted by Crippen LogP contribution is -2.21. The van der Waals surface area contributed by atoms with Crippen LogP contribution >= 0.6 is 0 Å². The first kappa shape index (κ1) is 13.5. The highest BCUT2D eigenvalue weighted by molar-refractivity contribution is 6.10. The number of rotatable bonds is 7. The predicted octanol–water partition coefficient (Wildman–Crippen LogP) is 1.42. The second-order valence-corrected chi connectivity index (χ2v) is 7.28. The standard InChI is InChI=1S/C13H26O3Si/c1-9(15-10(2)17)14-7-3-4-11-5-6-12-13(8-11)16-12/h9-13H,3-8H2,1-2,17H3. The van der Waals surface area contributed by atoms with Crippen molar-refractivity contribution in [1.29, 1.82) is 0 Å². The van der Waals surface area contributed by atoms with E-state index in [9.17, 15) is 0 Å². The summed E-state index contributed by atoms with van der Waals surface area (Å²) in [4.78, 5) is 0. The highest BCUT2D eigenvalue weighted by Crippen LogP contribution is 2.40. The molecule has 3 nitrogen and oxygen atoms in total. The summed E-state index contributed by atoms with van der Waals surface area (Å²) in [6.07, 6.45) is 7.58. The first-order chi connectivity index (χ1) is 8.15. The molecule has 1 aliphatic carbocycles. The van der Waals surface area contributed by atoms with Crippen molar-refractivity contribution in [3.05, 3.63) is 0 Å². The minimum Gasteiger partial charge on any atom is -0.370 e. The Morgan fingerprint density at radius 3 is 2.82 bits per heavy atom. The second kappa shape index (κ2) is 6.32. The van der Waals surface area contributed by atoms with Gasteiger partial charge < -0.3 is 14.2 Å². The zero-order valence-corrected chi connectivity index (χ0v) is 13.4. The molecule has 1 aliphatic heterocycles. The second-order valence-electron chi connectivity index (χ2n) is 5.66. The van der Waals surface area contributed by atoms with E-state index in [0.29, 0.717) is 17.9 Å². The third-order valence-corrected chi connectivity index (χ3v) is 3.96. The average Bonchev–Trinajstić information content (AvgIpc) is 3.01. The summed E-state index contributed by atoms with van der Waals surface area (Å²) in [6.45, 7) is 4.93. The third-order valence-electron chi connectivity index (χ3n) is 3.69. The monoisotopic (exact) mass is 258 g/mol. The summed E-state index contributed by atoms with van der Waals surface area (Å²) in [5.41, 5.74) is 0.382. The summed E-state index contributed by atoms with van der Waals surface area (Å²) in [5, 5.41) is 0. The number of ether oxygens (including phenoxy) is 3. The quantitative estimate of drug-likeness (QED) is 0.299. The van der Waals surface area contributed by atoms with Gasteiger partial charge in [-0.3, -0.25) is 0 Å². The Bertz CT molecular complexity index is 235. The molecule has 0 N–H and O–H groups in total. The molecule has 2 fully saturated rings. The largest absolute Gasteiger partial charge is 0.370 e. The number of hydrogen-bond donors (Lipinski definition) is 0. The minimum atomic E-state index is -0.0370. The molecule has 0 aromatic rings. The van der Waals surface area contributed by atoms with E-state index in [1.54, 1.807) is 0 Å². The molecule has 2 aliphatic rings. The topological polar surface area (TPSA) is 31.0 Å². The highest BCUT2D eigenvalue weighted by Gasteiger charge is 2.43. The fourth-order valence-electron chi connectivity index (χ4n) is 2.79. The van der Waals surface area contributed by atoms with Crippen molar-refractivity contribution in [3.8, 4) is 0 Å². The van der Waals surface area contributed by atoms with Crippen molar-refractivity contribution in [1.82, 2.24) is 0 Å². The summed E-state index contributed by atoms with van der Waals surface area (Å²) < 4.78 is 16.8. The fourth-order valence-corrected chi connectivity index (χ4v) is 3.18. The number of epoxide rings is 1. The Morgan fingerprint density at radius 1 is 1.29 bits per heavy atom. The summed E-state index contributed by atoms with van der Waals surface area (Å²) in [5.74, 6) is 0.871. The maximum absolute atomic E-state index is 5.65. The van der Waals surface area contributed by atoms with Crippen molar-refractivity contribution >= 4 is 10.2 Å². The molecule has 0 aromatic carbocycles. The first-order valence-corrected chi connectivity index (χ1v) is 8.23. The van der Waals surface area contributed by atoms with Gasteiger partial charge in [-0.2, -0.15) is 0 Å². The van der Waals surface area contributed by atoms with Crippen LogP contribution < -0.4 is 0 Å². The molecule has 5 atom stereocenters. The molecule has 2 rings (SSSR count). The van der Waals surface area contributed by atoms with Crippen LogP contribution in [0.15, 0.2) is 0 Å². The molecule has 4 heteroatoms. The van der Waals surface area contributed by atoms with Crippen LogP contribution in [0.25, 0.3) is 0 Å². The molecule has 100 valence electrons. The Hall–Kier alpha value is 0.0969. The van der Waals surface area contributed by atoms with Crippen LogP contribution in [0.5, 0.6) is 0 Å². The van der Waals surface area contributed by atoms with Crippen molar-refractivity contribution in [2.45, 2.75) is 70.2 Å². The van der Waals surface area contributed by atoms with Gasteiger partial charge in [0.2, 0.25) is 0 Å². The normalized spacial score (nSPS) is 35.3. The molecule has 5 unspecified atom stereocenters. The smallest absolute Gasteiger partial charge is 0.154 e. The van der Waals surface area contributed by atoms with E-state index in [4.69, 9.17) is 14.2 Å². The molecule has 1 heterocycles. The third kappa shape index (κ3) is 4.70. The Balaban J connectivity index is 1.48. The van der Waals surface area contributed by atoms with E-state index < -0.39 is 0 Å². The predicted molar refractivity (Wildman–Crippen MR) is 71.1 cm³/mol.